The first-order valence-corrected chi connectivity index (χ1v) is 7.03. The summed E-state index contributed by atoms with van der Waals surface area (Å²) in [5, 5.41) is 0. The molecule has 0 radical (unpaired) electrons. The van der Waals surface area contributed by atoms with Gasteiger partial charge in [0.05, 0.1) is 0 Å². The quantitative estimate of drug-likeness (QED) is 0.805. The predicted octanol–water partition coefficient (Wildman–Crippen LogP) is 3.75. The van der Waals surface area contributed by atoms with Gasteiger partial charge in [0.1, 0.15) is 0 Å². The van der Waals surface area contributed by atoms with E-state index in [1.807, 2.05) is 12.4 Å². The standard InChI is InChI=1S/C16H24N2/c1-18(2)13-15-7-5-3-4-6-8-16(15)14-9-11-17-12-10-14/h9-12H,3-8,13H2,1-2H3. The first-order chi connectivity index (χ1) is 8.77. The van der Waals surface area contributed by atoms with Crippen LogP contribution in [0.3, 0.4) is 0 Å². The van der Waals surface area contributed by atoms with Gasteiger partial charge in [-0.3, -0.25) is 4.98 Å². The second-order valence-corrected chi connectivity index (χ2v) is 5.47. The Kier molecular flexibility index (Phi) is 4.94. The number of allylic oxidation sites excluding steroid dienone is 1. The van der Waals surface area contributed by atoms with E-state index in [9.17, 15) is 0 Å². The fraction of sp³-hybridized carbons (Fsp3) is 0.562. The molecule has 1 aliphatic rings. The third-order valence-electron chi connectivity index (χ3n) is 3.62. The summed E-state index contributed by atoms with van der Waals surface area (Å²) in [7, 11) is 4.33. The van der Waals surface area contributed by atoms with Crippen molar-refractivity contribution < 1.29 is 0 Å². The second kappa shape index (κ2) is 6.69. The lowest BCUT2D eigenvalue weighted by Gasteiger charge is -2.21. The maximum atomic E-state index is 4.14. The molecule has 2 nitrogen and oxygen atoms in total. The van der Waals surface area contributed by atoms with Gasteiger partial charge in [-0.2, -0.15) is 0 Å². The SMILES string of the molecule is CN(C)CC1=C(c2ccncc2)CCCCCC1. The van der Waals surface area contributed by atoms with Crippen LogP contribution >= 0.6 is 0 Å². The van der Waals surface area contributed by atoms with E-state index in [0.717, 1.165) is 6.54 Å². The van der Waals surface area contributed by atoms with E-state index in [0.29, 0.717) is 0 Å². The number of aromatic nitrogens is 1. The van der Waals surface area contributed by atoms with Crippen LogP contribution in [0.2, 0.25) is 0 Å². The van der Waals surface area contributed by atoms with Crippen LogP contribution in [-0.2, 0) is 0 Å². The predicted molar refractivity (Wildman–Crippen MR) is 77.4 cm³/mol. The summed E-state index contributed by atoms with van der Waals surface area (Å²) in [5.41, 5.74) is 4.58. The summed E-state index contributed by atoms with van der Waals surface area (Å²) in [5.74, 6) is 0. The van der Waals surface area contributed by atoms with Gasteiger partial charge in [-0.15, -0.1) is 0 Å². The summed E-state index contributed by atoms with van der Waals surface area (Å²) < 4.78 is 0. The summed E-state index contributed by atoms with van der Waals surface area (Å²) >= 11 is 0. The molecule has 0 bridgehead atoms. The Morgan fingerprint density at radius 2 is 1.67 bits per heavy atom. The number of nitrogens with zero attached hydrogens (tertiary/aromatic N) is 2. The number of hydrogen-bond donors (Lipinski definition) is 0. The average molecular weight is 244 g/mol. The molecule has 0 fully saturated rings. The van der Waals surface area contributed by atoms with Gasteiger partial charge in [0.25, 0.3) is 0 Å². The van der Waals surface area contributed by atoms with E-state index >= 15 is 0 Å². The van der Waals surface area contributed by atoms with Gasteiger partial charge in [-0.1, -0.05) is 18.4 Å². The molecular formula is C16H24N2. The molecule has 98 valence electrons. The molecule has 2 heteroatoms. The third kappa shape index (κ3) is 3.67. The van der Waals surface area contributed by atoms with Gasteiger partial charge < -0.3 is 4.90 Å². The molecule has 0 spiro atoms. The first kappa shape index (κ1) is 13.3. The van der Waals surface area contributed by atoms with E-state index in [1.165, 1.54) is 44.1 Å². The van der Waals surface area contributed by atoms with Gasteiger partial charge in [0, 0.05) is 18.9 Å². The minimum atomic E-state index is 1.09. The molecule has 0 atom stereocenters. The van der Waals surface area contributed by atoms with Crippen molar-refractivity contribution in [1.82, 2.24) is 9.88 Å². The molecular weight excluding hydrogens is 220 g/mol. The molecule has 0 aromatic carbocycles. The minimum Gasteiger partial charge on any atom is -0.305 e. The Hall–Kier alpha value is -1.15. The summed E-state index contributed by atoms with van der Waals surface area (Å²) in [4.78, 5) is 6.42. The van der Waals surface area contributed by atoms with Crippen LogP contribution in [0.25, 0.3) is 5.57 Å². The fourth-order valence-corrected chi connectivity index (χ4v) is 2.78. The Morgan fingerprint density at radius 1 is 1.00 bits per heavy atom. The van der Waals surface area contributed by atoms with Gasteiger partial charge in [-0.05, 0) is 63.0 Å². The summed E-state index contributed by atoms with van der Waals surface area (Å²) in [6.07, 6.45) is 11.8. The smallest absolute Gasteiger partial charge is 0.0273 e. The maximum absolute atomic E-state index is 4.14. The number of rotatable bonds is 3. The molecule has 1 aliphatic carbocycles. The van der Waals surface area contributed by atoms with E-state index < -0.39 is 0 Å². The van der Waals surface area contributed by atoms with Crippen molar-refractivity contribution >= 4 is 5.57 Å². The van der Waals surface area contributed by atoms with Crippen molar-refractivity contribution in [3.8, 4) is 0 Å². The van der Waals surface area contributed by atoms with Crippen molar-refractivity contribution in [3.63, 3.8) is 0 Å². The normalized spacial score (nSPS) is 17.7. The van der Waals surface area contributed by atoms with Gasteiger partial charge in [-0.25, -0.2) is 0 Å². The molecule has 1 aromatic heterocycles. The maximum Gasteiger partial charge on any atom is 0.0273 e. The summed E-state index contributed by atoms with van der Waals surface area (Å²) in [6.45, 7) is 1.09. The molecule has 2 rings (SSSR count). The van der Waals surface area contributed by atoms with E-state index in [1.54, 1.807) is 11.1 Å². The molecule has 0 saturated heterocycles. The molecule has 1 aromatic rings. The molecule has 0 aliphatic heterocycles. The molecule has 0 saturated carbocycles. The van der Waals surface area contributed by atoms with E-state index in [2.05, 4.69) is 36.1 Å². The van der Waals surface area contributed by atoms with Crippen LogP contribution in [0.4, 0.5) is 0 Å². The third-order valence-corrected chi connectivity index (χ3v) is 3.62. The summed E-state index contributed by atoms with van der Waals surface area (Å²) in [6, 6.07) is 4.32. The molecule has 0 unspecified atom stereocenters. The van der Waals surface area contributed by atoms with Crippen LogP contribution in [0.5, 0.6) is 0 Å². The van der Waals surface area contributed by atoms with Crippen LogP contribution in [0.15, 0.2) is 30.1 Å². The highest BCUT2D eigenvalue weighted by molar-refractivity contribution is 5.68. The Bertz CT molecular complexity index is 393. The number of hydrogen-bond acceptors (Lipinski definition) is 2. The molecule has 1 heterocycles. The lowest BCUT2D eigenvalue weighted by atomic mass is 9.89. The number of pyridine rings is 1. The van der Waals surface area contributed by atoms with Crippen molar-refractivity contribution in [2.75, 3.05) is 20.6 Å². The Balaban J connectivity index is 2.31. The number of likely N-dealkylation sites (N-methyl/N-ethyl adjacent to an activating group) is 1. The van der Waals surface area contributed by atoms with Crippen LogP contribution in [0, 0.1) is 0 Å². The largest absolute Gasteiger partial charge is 0.305 e. The molecule has 0 N–H and O–H groups in total. The topological polar surface area (TPSA) is 16.1 Å². The first-order valence-electron chi connectivity index (χ1n) is 7.03. The highest BCUT2D eigenvalue weighted by Gasteiger charge is 2.12. The zero-order chi connectivity index (χ0) is 12.8. The van der Waals surface area contributed by atoms with Crippen LogP contribution < -0.4 is 0 Å². The van der Waals surface area contributed by atoms with Crippen LogP contribution in [0.1, 0.15) is 44.1 Å². The van der Waals surface area contributed by atoms with E-state index in [-0.39, 0.29) is 0 Å². The molecule has 0 amide bonds. The van der Waals surface area contributed by atoms with Crippen molar-refractivity contribution in [2.45, 2.75) is 38.5 Å². The minimum absolute atomic E-state index is 1.09. The zero-order valence-corrected chi connectivity index (χ0v) is 11.7. The monoisotopic (exact) mass is 244 g/mol. The molecule has 18 heavy (non-hydrogen) atoms. The van der Waals surface area contributed by atoms with Crippen molar-refractivity contribution in [1.29, 1.82) is 0 Å². The average Bonchev–Trinajstić information content (AvgIpc) is 2.34. The lowest BCUT2D eigenvalue weighted by Crippen LogP contribution is -2.17. The highest BCUT2D eigenvalue weighted by Crippen LogP contribution is 2.30. The van der Waals surface area contributed by atoms with Gasteiger partial charge >= 0.3 is 0 Å². The van der Waals surface area contributed by atoms with Crippen LogP contribution in [-0.4, -0.2) is 30.5 Å². The fourth-order valence-electron chi connectivity index (χ4n) is 2.78. The van der Waals surface area contributed by atoms with Crippen molar-refractivity contribution in [2.24, 2.45) is 0 Å². The Labute approximate surface area is 111 Å². The van der Waals surface area contributed by atoms with Crippen molar-refractivity contribution in [3.05, 3.63) is 35.7 Å². The lowest BCUT2D eigenvalue weighted by molar-refractivity contribution is 0.435. The van der Waals surface area contributed by atoms with Gasteiger partial charge in [0.2, 0.25) is 0 Å². The second-order valence-electron chi connectivity index (χ2n) is 5.47. The van der Waals surface area contributed by atoms with Gasteiger partial charge in [0.15, 0.2) is 0 Å². The van der Waals surface area contributed by atoms with E-state index in [4.69, 9.17) is 0 Å². The zero-order valence-electron chi connectivity index (χ0n) is 11.7. The highest BCUT2D eigenvalue weighted by atomic mass is 15.0. The Morgan fingerprint density at radius 3 is 2.33 bits per heavy atom.